The second kappa shape index (κ2) is 8.42. The van der Waals surface area contributed by atoms with Crippen LogP contribution in [0.4, 0.5) is 0 Å². The van der Waals surface area contributed by atoms with Gasteiger partial charge in [0.05, 0.1) is 6.10 Å². The van der Waals surface area contributed by atoms with Crippen LogP contribution >= 0.6 is 0 Å². The van der Waals surface area contributed by atoms with Crippen molar-refractivity contribution < 1.29 is 14.7 Å². The number of carbonyl (C=O) groups is 2. The lowest BCUT2D eigenvalue weighted by molar-refractivity contribution is -0.143. The topological polar surface area (TPSA) is 54.4 Å². The quantitative estimate of drug-likeness (QED) is 0.620. The second-order valence-corrected chi connectivity index (χ2v) is 10.1. The van der Waals surface area contributed by atoms with E-state index in [0.29, 0.717) is 24.0 Å². The van der Waals surface area contributed by atoms with Crippen molar-refractivity contribution in [3.8, 4) is 0 Å². The maximum atomic E-state index is 12.2. The zero-order valence-electron chi connectivity index (χ0n) is 17.9. The lowest BCUT2D eigenvalue weighted by Gasteiger charge is -2.59. The molecule has 7 unspecified atom stereocenters. The van der Waals surface area contributed by atoms with Crippen LogP contribution in [-0.4, -0.2) is 22.8 Å². The predicted octanol–water partition coefficient (Wildman–Crippen LogP) is 5.75. The summed E-state index contributed by atoms with van der Waals surface area (Å²) in [7, 11) is 0. The van der Waals surface area contributed by atoms with Crippen molar-refractivity contribution in [1.82, 2.24) is 0 Å². The molecule has 4 aliphatic carbocycles. The van der Waals surface area contributed by atoms with Gasteiger partial charge >= 0.3 is 0 Å². The van der Waals surface area contributed by atoms with Crippen molar-refractivity contribution in [2.45, 2.75) is 99.5 Å². The van der Waals surface area contributed by atoms with E-state index < -0.39 is 0 Å². The normalized spacial score (nSPS) is 44.0. The third-order valence-corrected chi connectivity index (χ3v) is 8.38. The van der Waals surface area contributed by atoms with E-state index in [4.69, 9.17) is 0 Å². The minimum Gasteiger partial charge on any atom is -0.393 e. The van der Waals surface area contributed by atoms with E-state index in [0.717, 1.165) is 38.5 Å². The summed E-state index contributed by atoms with van der Waals surface area (Å²) in [4.78, 5) is 24.0. The summed E-state index contributed by atoms with van der Waals surface area (Å²) in [5, 5.41) is 11.2. The van der Waals surface area contributed by atoms with Gasteiger partial charge in [0.25, 0.3) is 0 Å². The first kappa shape index (κ1) is 23.3. The number of hydrogen-bond donors (Lipinski definition) is 1. The Hall–Kier alpha value is -0.960. The Kier molecular flexibility index (Phi) is 7.01. The van der Waals surface area contributed by atoms with E-state index in [1.54, 1.807) is 6.92 Å². The number of allylic oxidation sites excluding steroid dienone is 1. The zero-order chi connectivity index (χ0) is 20.0. The van der Waals surface area contributed by atoms with Crippen molar-refractivity contribution >= 4 is 11.6 Å². The highest BCUT2D eigenvalue weighted by atomic mass is 16.3. The van der Waals surface area contributed by atoms with Gasteiger partial charge in [-0.1, -0.05) is 47.1 Å². The summed E-state index contributed by atoms with van der Waals surface area (Å²) in [6.07, 6.45) is 9.22. The number of carbonyl (C=O) groups excluding carboxylic acids is 2. The first-order valence-corrected chi connectivity index (χ1v) is 11.1. The standard InChI is InChI=1S/C21H30O3.C3H8.CH4/c1-12(22)16-6-7-17-15-5-4-13-10-14(23)8-9-20(13,2)19(15)18(24)11-21(16,17)3;1-3-2;/h10,15-19,24H,4-9,11H2,1-3H3;3H2,1-2H3;1H4. The molecule has 160 valence electrons. The predicted molar refractivity (Wildman–Crippen MR) is 115 cm³/mol. The maximum Gasteiger partial charge on any atom is 0.155 e. The average Bonchev–Trinajstić information content (AvgIpc) is 2.92. The molecular formula is C25H42O3. The fourth-order valence-corrected chi connectivity index (χ4v) is 7.35. The first-order valence-electron chi connectivity index (χ1n) is 11.1. The number of aliphatic hydroxyl groups is 1. The summed E-state index contributed by atoms with van der Waals surface area (Å²) in [5.41, 5.74) is 1.23. The fourth-order valence-electron chi connectivity index (χ4n) is 7.35. The molecule has 3 nitrogen and oxygen atoms in total. The molecular weight excluding hydrogens is 348 g/mol. The summed E-state index contributed by atoms with van der Waals surface area (Å²) < 4.78 is 0. The average molecular weight is 391 g/mol. The van der Waals surface area contributed by atoms with Crippen molar-refractivity contribution in [2.24, 2.45) is 34.5 Å². The van der Waals surface area contributed by atoms with Gasteiger partial charge in [0.1, 0.15) is 5.78 Å². The Bertz CT molecular complexity index is 636. The number of rotatable bonds is 1. The molecule has 7 atom stereocenters. The van der Waals surface area contributed by atoms with Crippen LogP contribution in [0.2, 0.25) is 0 Å². The van der Waals surface area contributed by atoms with Crippen LogP contribution in [0, 0.1) is 34.5 Å². The molecule has 0 spiro atoms. The van der Waals surface area contributed by atoms with Gasteiger partial charge < -0.3 is 5.11 Å². The van der Waals surface area contributed by atoms with Crippen LogP contribution in [0.3, 0.4) is 0 Å². The number of fused-ring (bicyclic) bond motifs is 5. The largest absolute Gasteiger partial charge is 0.393 e. The molecule has 4 rings (SSSR count). The molecule has 0 aromatic carbocycles. The highest BCUT2D eigenvalue weighted by Crippen LogP contribution is 2.66. The van der Waals surface area contributed by atoms with Gasteiger partial charge in [-0.25, -0.2) is 0 Å². The Labute approximate surface area is 172 Å². The van der Waals surface area contributed by atoms with Gasteiger partial charge in [-0.3, -0.25) is 9.59 Å². The van der Waals surface area contributed by atoms with E-state index in [1.807, 2.05) is 6.08 Å². The molecule has 3 saturated carbocycles. The molecule has 0 saturated heterocycles. The van der Waals surface area contributed by atoms with E-state index >= 15 is 0 Å². The zero-order valence-corrected chi connectivity index (χ0v) is 17.9. The Morgan fingerprint density at radius 3 is 2.43 bits per heavy atom. The molecule has 28 heavy (non-hydrogen) atoms. The van der Waals surface area contributed by atoms with Crippen LogP contribution in [0.15, 0.2) is 11.6 Å². The smallest absolute Gasteiger partial charge is 0.155 e. The number of Topliss-reactive ketones (excluding diaryl/α,β-unsaturated/α-hetero) is 1. The molecule has 0 heterocycles. The number of aliphatic hydroxyl groups excluding tert-OH is 1. The number of ketones is 2. The van der Waals surface area contributed by atoms with Crippen molar-refractivity contribution in [2.75, 3.05) is 0 Å². The number of hydrogen-bond acceptors (Lipinski definition) is 3. The van der Waals surface area contributed by atoms with E-state index in [2.05, 4.69) is 27.7 Å². The van der Waals surface area contributed by atoms with Gasteiger partial charge in [-0.2, -0.15) is 0 Å². The fraction of sp³-hybridized carbons (Fsp3) is 0.840. The summed E-state index contributed by atoms with van der Waals surface area (Å²) >= 11 is 0. The van der Waals surface area contributed by atoms with Crippen molar-refractivity contribution in [3.05, 3.63) is 11.6 Å². The lowest BCUT2D eigenvalue weighted by Crippen LogP contribution is -2.56. The van der Waals surface area contributed by atoms with E-state index in [-0.39, 0.29) is 42.0 Å². The van der Waals surface area contributed by atoms with Crippen LogP contribution in [-0.2, 0) is 9.59 Å². The molecule has 0 radical (unpaired) electrons. The first-order chi connectivity index (χ1) is 12.7. The molecule has 0 aromatic rings. The molecule has 3 fully saturated rings. The summed E-state index contributed by atoms with van der Waals surface area (Å²) in [5.74, 6) is 1.99. The molecule has 0 bridgehead atoms. The molecule has 0 aliphatic heterocycles. The summed E-state index contributed by atoms with van der Waals surface area (Å²) in [6.45, 7) is 10.5. The second-order valence-electron chi connectivity index (χ2n) is 10.1. The molecule has 4 aliphatic rings. The van der Waals surface area contributed by atoms with E-state index in [9.17, 15) is 14.7 Å². The van der Waals surface area contributed by atoms with Gasteiger partial charge in [-0.15, -0.1) is 0 Å². The molecule has 3 heteroatoms. The molecule has 1 N–H and O–H groups in total. The lowest BCUT2D eigenvalue weighted by atomic mass is 9.46. The third-order valence-electron chi connectivity index (χ3n) is 8.38. The minimum absolute atomic E-state index is 0. The van der Waals surface area contributed by atoms with Crippen LogP contribution in [0.5, 0.6) is 0 Å². The van der Waals surface area contributed by atoms with Crippen LogP contribution < -0.4 is 0 Å². The molecule has 0 amide bonds. The van der Waals surface area contributed by atoms with Crippen LogP contribution in [0.25, 0.3) is 0 Å². The van der Waals surface area contributed by atoms with Gasteiger partial charge in [-0.05, 0) is 80.1 Å². The maximum absolute atomic E-state index is 12.2. The highest BCUT2D eigenvalue weighted by Gasteiger charge is 2.62. The van der Waals surface area contributed by atoms with Gasteiger partial charge in [0.15, 0.2) is 5.78 Å². The molecule has 0 aromatic heterocycles. The Morgan fingerprint density at radius 2 is 1.82 bits per heavy atom. The third kappa shape index (κ3) is 3.53. The minimum atomic E-state index is -0.349. The Balaban J connectivity index is 0.000000660. The SMILES string of the molecule is C.CC(=O)C1CCC2C3CCC4=CC(=O)CCC4(C)C3C(O)CC12C.CCC. The van der Waals surface area contributed by atoms with Gasteiger partial charge in [0.2, 0.25) is 0 Å². The monoisotopic (exact) mass is 390 g/mol. The highest BCUT2D eigenvalue weighted by molar-refractivity contribution is 5.91. The van der Waals surface area contributed by atoms with Gasteiger partial charge in [0, 0.05) is 12.3 Å². The summed E-state index contributed by atoms with van der Waals surface area (Å²) in [6, 6.07) is 0. The van der Waals surface area contributed by atoms with Crippen molar-refractivity contribution in [3.63, 3.8) is 0 Å². The van der Waals surface area contributed by atoms with E-state index in [1.165, 1.54) is 12.0 Å². The Morgan fingerprint density at radius 1 is 1.18 bits per heavy atom. The van der Waals surface area contributed by atoms with Crippen LogP contribution in [0.1, 0.15) is 93.4 Å². The van der Waals surface area contributed by atoms with Crippen molar-refractivity contribution in [1.29, 1.82) is 0 Å².